The number of hydrogen-bond donors (Lipinski definition) is 1. The van der Waals surface area contributed by atoms with Crippen LogP contribution in [0.3, 0.4) is 0 Å². The number of likely N-dealkylation sites (tertiary alicyclic amines) is 1. The highest BCUT2D eigenvalue weighted by molar-refractivity contribution is 5.77. The molecule has 5 heteroatoms. The Hall–Kier alpha value is -1.59. The van der Waals surface area contributed by atoms with Crippen molar-refractivity contribution < 1.29 is 9.53 Å². The Kier molecular flexibility index (Phi) is 5.65. The van der Waals surface area contributed by atoms with E-state index in [0.29, 0.717) is 0 Å². The molecule has 1 unspecified atom stereocenters. The molecule has 23 heavy (non-hydrogen) atoms. The van der Waals surface area contributed by atoms with Gasteiger partial charge in [0.25, 0.3) is 5.91 Å². The second kappa shape index (κ2) is 7.32. The van der Waals surface area contributed by atoms with Gasteiger partial charge in [-0.25, -0.2) is 0 Å². The van der Waals surface area contributed by atoms with Crippen molar-refractivity contribution in [3.05, 3.63) is 29.8 Å². The molecule has 1 amide bonds. The molecule has 1 aromatic rings. The van der Waals surface area contributed by atoms with E-state index in [1.807, 2.05) is 18.2 Å². The lowest BCUT2D eigenvalue weighted by atomic mass is 9.79. The molecular weight excluding hydrogens is 290 g/mol. The topological polar surface area (TPSA) is 58.8 Å². The molecule has 128 valence electrons. The maximum Gasteiger partial charge on any atom is 0.259 e. The number of likely N-dealkylation sites (N-methyl/N-ethyl adjacent to an activating group) is 1. The summed E-state index contributed by atoms with van der Waals surface area (Å²) in [5, 5.41) is 0. The smallest absolute Gasteiger partial charge is 0.259 e. The Balaban J connectivity index is 2.02. The van der Waals surface area contributed by atoms with E-state index in [1.165, 1.54) is 4.90 Å². The summed E-state index contributed by atoms with van der Waals surface area (Å²) in [6.07, 6.45) is 1.01. The van der Waals surface area contributed by atoms with Gasteiger partial charge in [0, 0.05) is 45.3 Å². The van der Waals surface area contributed by atoms with Crippen LogP contribution in [0.4, 0.5) is 0 Å². The van der Waals surface area contributed by atoms with Crippen molar-refractivity contribution in [1.82, 2.24) is 9.80 Å². The number of benzene rings is 1. The molecule has 2 N–H and O–H groups in total. The van der Waals surface area contributed by atoms with Gasteiger partial charge in [-0.15, -0.1) is 0 Å². The number of piperidine rings is 1. The van der Waals surface area contributed by atoms with Gasteiger partial charge in [0.1, 0.15) is 5.75 Å². The van der Waals surface area contributed by atoms with Gasteiger partial charge in [0.2, 0.25) is 0 Å². The summed E-state index contributed by atoms with van der Waals surface area (Å²) in [5.41, 5.74) is 7.45. The third kappa shape index (κ3) is 4.69. The monoisotopic (exact) mass is 319 g/mol. The Morgan fingerprint density at radius 1 is 1.39 bits per heavy atom. The van der Waals surface area contributed by atoms with E-state index in [4.69, 9.17) is 10.5 Å². The fourth-order valence-electron chi connectivity index (χ4n) is 2.90. The first-order valence-electron chi connectivity index (χ1n) is 8.18. The number of carbonyl (C=O) groups is 1. The van der Waals surface area contributed by atoms with Crippen molar-refractivity contribution in [2.45, 2.75) is 32.9 Å². The van der Waals surface area contributed by atoms with Crippen LogP contribution in [0.2, 0.25) is 0 Å². The van der Waals surface area contributed by atoms with E-state index < -0.39 is 0 Å². The van der Waals surface area contributed by atoms with Gasteiger partial charge in [-0.05, 0) is 17.9 Å². The maximum absolute atomic E-state index is 11.7. The highest BCUT2D eigenvalue weighted by Gasteiger charge is 2.33. The van der Waals surface area contributed by atoms with Gasteiger partial charge in [-0.1, -0.05) is 32.0 Å². The number of carbonyl (C=O) groups excluding carboxylic acids is 1. The first-order valence-corrected chi connectivity index (χ1v) is 8.18. The van der Waals surface area contributed by atoms with Crippen molar-refractivity contribution in [2.24, 2.45) is 11.1 Å². The molecule has 1 aliphatic rings. The number of rotatable bonds is 5. The van der Waals surface area contributed by atoms with Crippen LogP contribution in [0.1, 0.15) is 25.8 Å². The number of nitrogens with zero attached hydrogens (tertiary/aromatic N) is 2. The van der Waals surface area contributed by atoms with Crippen molar-refractivity contribution in [2.75, 3.05) is 33.8 Å². The third-order valence-corrected chi connectivity index (χ3v) is 4.61. The first kappa shape index (κ1) is 17.8. The second-order valence-electron chi connectivity index (χ2n) is 7.28. The largest absolute Gasteiger partial charge is 0.483 e. The van der Waals surface area contributed by atoms with Crippen molar-refractivity contribution >= 4 is 5.91 Å². The highest BCUT2D eigenvalue weighted by atomic mass is 16.5. The molecule has 5 nitrogen and oxygen atoms in total. The van der Waals surface area contributed by atoms with Gasteiger partial charge in [-0.3, -0.25) is 9.69 Å². The molecule has 0 aliphatic carbocycles. The van der Waals surface area contributed by atoms with E-state index in [1.54, 1.807) is 14.1 Å². The third-order valence-electron chi connectivity index (χ3n) is 4.61. The molecule has 0 saturated carbocycles. The molecule has 1 aliphatic heterocycles. The van der Waals surface area contributed by atoms with Gasteiger partial charge in [-0.2, -0.15) is 0 Å². The predicted molar refractivity (Wildman–Crippen MR) is 92.3 cm³/mol. The Morgan fingerprint density at radius 3 is 2.74 bits per heavy atom. The quantitative estimate of drug-likeness (QED) is 0.898. The average Bonchev–Trinajstić information content (AvgIpc) is 2.49. The van der Waals surface area contributed by atoms with Crippen molar-refractivity contribution in [3.8, 4) is 5.75 Å². The van der Waals surface area contributed by atoms with Crippen LogP contribution in [0.15, 0.2) is 24.3 Å². The maximum atomic E-state index is 11.7. The van der Waals surface area contributed by atoms with E-state index in [-0.39, 0.29) is 24.0 Å². The zero-order chi connectivity index (χ0) is 17.0. The Morgan fingerprint density at radius 2 is 2.09 bits per heavy atom. The lowest BCUT2D eigenvalue weighted by Gasteiger charge is -2.42. The average molecular weight is 319 g/mol. The summed E-state index contributed by atoms with van der Waals surface area (Å²) in [4.78, 5) is 15.7. The minimum Gasteiger partial charge on any atom is -0.483 e. The number of ether oxygens (including phenoxy) is 1. The molecular formula is C18H29N3O2. The number of hydrogen-bond acceptors (Lipinski definition) is 4. The summed E-state index contributed by atoms with van der Waals surface area (Å²) in [6.45, 7) is 7.31. The molecule has 1 aromatic carbocycles. The highest BCUT2D eigenvalue weighted by Crippen LogP contribution is 2.30. The van der Waals surface area contributed by atoms with E-state index in [2.05, 4.69) is 24.8 Å². The van der Waals surface area contributed by atoms with E-state index in [0.717, 1.165) is 37.4 Å². The molecule has 1 saturated heterocycles. The lowest BCUT2D eigenvalue weighted by molar-refractivity contribution is -0.130. The molecule has 1 fully saturated rings. The van der Waals surface area contributed by atoms with Crippen LogP contribution in [0, 0.1) is 5.41 Å². The minimum absolute atomic E-state index is 0.0371. The summed E-state index contributed by atoms with van der Waals surface area (Å²) in [7, 11) is 3.47. The van der Waals surface area contributed by atoms with Crippen molar-refractivity contribution in [1.29, 1.82) is 0 Å². The molecule has 0 radical (unpaired) electrons. The van der Waals surface area contributed by atoms with Crippen LogP contribution in [0.5, 0.6) is 5.75 Å². The van der Waals surface area contributed by atoms with Gasteiger partial charge in [0.05, 0.1) is 0 Å². The van der Waals surface area contributed by atoms with Crippen LogP contribution >= 0.6 is 0 Å². The van der Waals surface area contributed by atoms with Gasteiger partial charge >= 0.3 is 0 Å². The molecule has 2 rings (SSSR count). The molecule has 1 heterocycles. The molecule has 0 bridgehead atoms. The Labute approximate surface area is 139 Å². The fraction of sp³-hybridized carbons (Fsp3) is 0.611. The number of nitrogens with two attached hydrogens (primary N) is 1. The second-order valence-corrected chi connectivity index (χ2v) is 7.28. The fourth-order valence-corrected chi connectivity index (χ4v) is 2.90. The summed E-state index contributed by atoms with van der Waals surface area (Å²) in [5.74, 6) is 0.750. The zero-order valence-electron chi connectivity index (χ0n) is 14.7. The normalized spacial score (nSPS) is 21.0. The summed E-state index contributed by atoms with van der Waals surface area (Å²) in [6, 6.07) is 8.20. The Bertz CT molecular complexity index is 543. The van der Waals surface area contributed by atoms with Crippen LogP contribution < -0.4 is 10.5 Å². The van der Waals surface area contributed by atoms with E-state index in [9.17, 15) is 4.79 Å². The van der Waals surface area contributed by atoms with Crippen LogP contribution in [0.25, 0.3) is 0 Å². The number of para-hydroxylation sites is 1. The van der Waals surface area contributed by atoms with Crippen LogP contribution in [-0.2, 0) is 11.3 Å². The molecule has 0 aromatic heterocycles. The first-order chi connectivity index (χ1) is 10.8. The standard InChI is InChI=1S/C18H29N3O2/c1-18(2)13-21(10-9-16(18)19)11-14-7-5-6-8-15(14)23-12-17(22)20(3)4/h5-8,16H,9-13,19H2,1-4H3. The minimum atomic E-state index is -0.0371. The SMILES string of the molecule is CN(C)C(=O)COc1ccccc1CN1CCC(N)C(C)(C)C1. The summed E-state index contributed by atoms with van der Waals surface area (Å²) >= 11 is 0. The van der Waals surface area contributed by atoms with E-state index >= 15 is 0 Å². The van der Waals surface area contributed by atoms with Crippen molar-refractivity contribution in [3.63, 3.8) is 0 Å². The summed E-state index contributed by atoms with van der Waals surface area (Å²) < 4.78 is 5.73. The van der Waals surface area contributed by atoms with Crippen LogP contribution in [-0.4, -0.2) is 55.5 Å². The number of amides is 1. The van der Waals surface area contributed by atoms with Gasteiger partial charge < -0.3 is 15.4 Å². The molecule has 1 atom stereocenters. The van der Waals surface area contributed by atoms with Gasteiger partial charge in [0.15, 0.2) is 6.61 Å². The zero-order valence-corrected chi connectivity index (χ0v) is 14.7. The lowest BCUT2D eigenvalue weighted by Crippen LogP contribution is -2.52. The predicted octanol–water partition coefficient (Wildman–Crippen LogP) is 1.71. The molecule has 0 spiro atoms.